The molecule has 0 amide bonds. The van der Waals surface area contributed by atoms with Gasteiger partial charge in [0.05, 0.1) is 12.1 Å². The Labute approximate surface area is 106 Å². The molecule has 94 valence electrons. The second-order valence-electron chi connectivity index (χ2n) is 4.86. The molecule has 2 aromatic rings. The Hall–Kier alpha value is -1.61. The van der Waals surface area contributed by atoms with Crippen molar-refractivity contribution in [1.29, 1.82) is 0 Å². The summed E-state index contributed by atoms with van der Waals surface area (Å²) in [6.45, 7) is 3.55. The maximum Gasteiger partial charge on any atom is 0.180 e. The third-order valence-corrected chi connectivity index (χ3v) is 3.60. The Morgan fingerprint density at radius 2 is 2.17 bits per heavy atom. The summed E-state index contributed by atoms with van der Waals surface area (Å²) in [5, 5.41) is 0.925. The molecule has 0 aliphatic heterocycles. The van der Waals surface area contributed by atoms with E-state index in [0.29, 0.717) is 18.2 Å². The van der Waals surface area contributed by atoms with Crippen molar-refractivity contribution in [2.24, 2.45) is 0 Å². The fourth-order valence-electron chi connectivity index (χ4n) is 2.40. The fourth-order valence-corrected chi connectivity index (χ4v) is 2.40. The summed E-state index contributed by atoms with van der Waals surface area (Å²) in [4.78, 5) is 14.6. The fraction of sp³-hybridized carbons (Fsp3) is 0.400. The number of para-hydroxylation sites is 1. The average molecular weight is 243 g/mol. The van der Waals surface area contributed by atoms with Crippen LogP contribution in [0.15, 0.2) is 34.9 Å². The van der Waals surface area contributed by atoms with Crippen LogP contribution >= 0.6 is 0 Å². The smallest absolute Gasteiger partial charge is 0.180 e. The molecule has 0 spiro atoms. The van der Waals surface area contributed by atoms with Gasteiger partial charge in [-0.3, -0.25) is 9.69 Å². The third kappa shape index (κ3) is 2.06. The van der Waals surface area contributed by atoms with Crippen LogP contribution in [0.1, 0.15) is 30.1 Å². The molecule has 0 N–H and O–H groups in total. The molecule has 3 heteroatoms. The van der Waals surface area contributed by atoms with Gasteiger partial charge in [-0.2, -0.15) is 0 Å². The van der Waals surface area contributed by atoms with Gasteiger partial charge in [-0.1, -0.05) is 25.1 Å². The molecule has 1 fully saturated rings. The lowest BCUT2D eigenvalue weighted by atomic mass is 10.1. The van der Waals surface area contributed by atoms with E-state index >= 15 is 0 Å². The van der Waals surface area contributed by atoms with Crippen LogP contribution in [0.3, 0.4) is 0 Å². The van der Waals surface area contributed by atoms with E-state index < -0.39 is 0 Å². The molecule has 1 aromatic carbocycles. The van der Waals surface area contributed by atoms with Crippen molar-refractivity contribution in [2.45, 2.75) is 25.8 Å². The van der Waals surface area contributed by atoms with Crippen LogP contribution in [0.25, 0.3) is 11.0 Å². The van der Waals surface area contributed by atoms with Gasteiger partial charge < -0.3 is 4.42 Å². The quantitative estimate of drug-likeness (QED) is 0.757. The van der Waals surface area contributed by atoms with Gasteiger partial charge in [0.1, 0.15) is 11.8 Å². The number of likely N-dealkylation sites (N-methyl/N-ethyl adjacent to an activating group) is 1. The van der Waals surface area contributed by atoms with E-state index in [1.54, 1.807) is 6.26 Å². The van der Waals surface area contributed by atoms with Gasteiger partial charge in [0.2, 0.25) is 0 Å². The lowest BCUT2D eigenvalue weighted by molar-refractivity contribution is 0.0929. The molecule has 18 heavy (non-hydrogen) atoms. The molecular weight excluding hydrogens is 226 g/mol. The first kappa shape index (κ1) is 11.5. The minimum absolute atomic E-state index is 0.161. The van der Waals surface area contributed by atoms with Crippen molar-refractivity contribution < 1.29 is 9.21 Å². The van der Waals surface area contributed by atoms with Crippen LogP contribution < -0.4 is 0 Å². The van der Waals surface area contributed by atoms with Crippen molar-refractivity contribution >= 4 is 16.8 Å². The second kappa shape index (κ2) is 4.58. The van der Waals surface area contributed by atoms with Gasteiger partial charge in [0, 0.05) is 11.4 Å². The summed E-state index contributed by atoms with van der Waals surface area (Å²) in [5.74, 6) is 0.161. The molecule has 1 heterocycles. The molecule has 3 rings (SSSR count). The zero-order valence-electron chi connectivity index (χ0n) is 10.6. The van der Waals surface area contributed by atoms with E-state index in [-0.39, 0.29) is 5.78 Å². The van der Waals surface area contributed by atoms with Crippen LogP contribution in [0.5, 0.6) is 0 Å². The summed E-state index contributed by atoms with van der Waals surface area (Å²) in [6, 6.07) is 8.32. The lowest BCUT2D eigenvalue weighted by Crippen LogP contribution is -2.31. The molecule has 1 aromatic heterocycles. The number of hydrogen-bond donors (Lipinski definition) is 0. The van der Waals surface area contributed by atoms with Crippen LogP contribution in [-0.4, -0.2) is 29.8 Å². The first-order chi connectivity index (χ1) is 8.79. The number of carbonyl (C=O) groups excluding carboxylic acids is 1. The molecule has 0 unspecified atom stereocenters. The first-order valence-electron chi connectivity index (χ1n) is 6.53. The summed E-state index contributed by atoms with van der Waals surface area (Å²) >= 11 is 0. The number of benzene rings is 1. The second-order valence-corrected chi connectivity index (χ2v) is 4.86. The van der Waals surface area contributed by atoms with Gasteiger partial charge in [-0.05, 0) is 25.5 Å². The number of hydrogen-bond acceptors (Lipinski definition) is 3. The van der Waals surface area contributed by atoms with Crippen LogP contribution in [0, 0.1) is 0 Å². The standard InChI is InChI=1S/C15H17NO2/c1-2-16(11-7-8-11)9-14(17)13-10-18-15-6-4-3-5-12(13)15/h3-6,10-11H,2,7-9H2,1H3. The Kier molecular flexibility index (Phi) is 2.92. The van der Waals surface area contributed by atoms with Crippen molar-refractivity contribution in [3.63, 3.8) is 0 Å². The maximum atomic E-state index is 12.3. The number of furan rings is 1. The molecular formula is C15H17NO2. The average Bonchev–Trinajstić information content (AvgIpc) is 3.14. The van der Waals surface area contributed by atoms with E-state index in [0.717, 1.165) is 17.5 Å². The summed E-state index contributed by atoms with van der Waals surface area (Å²) < 4.78 is 5.42. The van der Waals surface area contributed by atoms with Crippen molar-refractivity contribution in [3.05, 3.63) is 36.1 Å². The van der Waals surface area contributed by atoms with Crippen molar-refractivity contribution in [3.8, 4) is 0 Å². The number of fused-ring (bicyclic) bond motifs is 1. The van der Waals surface area contributed by atoms with Gasteiger partial charge in [0.25, 0.3) is 0 Å². The molecule has 1 aliphatic carbocycles. The Morgan fingerprint density at radius 3 is 2.89 bits per heavy atom. The molecule has 0 atom stereocenters. The number of Topliss-reactive ketones (excluding diaryl/α,β-unsaturated/α-hetero) is 1. The molecule has 3 nitrogen and oxygen atoms in total. The highest BCUT2D eigenvalue weighted by Crippen LogP contribution is 2.27. The van der Waals surface area contributed by atoms with Gasteiger partial charge in [0.15, 0.2) is 5.78 Å². The third-order valence-electron chi connectivity index (χ3n) is 3.60. The monoisotopic (exact) mass is 243 g/mol. The normalized spacial score (nSPS) is 15.4. The molecule has 0 saturated heterocycles. The number of carbonyl (C=O) groups is 1. The molecule has 0 radical (unpaired) electrons. The molecule has 1 aliphatic rings. The lowest BCUT2D eigenvalue weighted by Gasteiger charge is -2.18. The van der Waals surface area contributed by atoms with Crippen LogP contribution in [0.4, 0.5) is 0 Å². The minimum Gasteiger partial charge on any atom is -0.464 e. The van der Waals surface area contributed by atoms with Crippen molar-refractivity contribution in [2.75, 3.05) is 13.1 Å². The largest absolute Gasteiger partial charge is 0.464 e. The Balaban J connectivity index is 1.83. The van der Waals surface area contributed by atoms with E-state index in [2.05, 4.69) is 11.8 Å². The summed E-state index contributed by atoms with van der Waals surface area (Å²) in [5.41, 5.74) is 1.50. The van der Waals surface area contributed by atoms with E-state index in [9.17, 15) is 4.79 Å². The SMILES string of the molecule is CCN(CC(=O)c1coc2ccccc12)C1CC1. The van der Waals surface area contributed by atoms with Crippen LogP contribution in [0.2, 0.25) is 0 Å². The summed E-state index contributed by atoms with van der Waals surface area (Å²) in [7, 11) is 0. The zero-order valence-corrected chi connectivity index (χ0v) is 10.6. The minimum atomic E-state index is 0.161. The maximum absolute atomic E-state index is 12.3. The molecule has 0 bridgehead atoms. The van der Waals surface area contributed by atoms with Crippen LogP contribution in [-0.2, 0) is 0 Å². The highest BCUT2D eigenvalue weighted by atomic mass is 16.3. The highest BCUT2D eigenvalue weighted by molar-refractivity contribution is 6.08. The Bertz CT molecular complexity index is 569. The number of rotatable bonds is 5. The van der Waals surface area contributed by atoms with E-state index in [1.807, 2.05) is 24.3 Å². The van der Waals surface area contributed by atoms with E-state index in [4.69, 9.17) is 4.42 Å². The predicted molar refractivity (Wildman–Crippen MR) is 70.8 cm³/mol. The molecule has 1 saturated carbocycles. The number of ketones is 1. The van der Waals surface area contributed by atoms with Gasteiger partial charge >= 0.3 is 0 Å². The number of nitrogens with zero attached hydrogens (tertiary/aromatic N) is 1. The topological polar surface area (TPSA) is 33.5 Å². The van der Waals surface area contributed by atoms with E-state index in [1.165, 1.54) is 12.8 Å². The van der Waals surface area contributed by atoms with Gasteiger partial charge in [-0.25, -0.2) is 0 Å². The van der Waals surface area contributed by atoms with Crippen molar-refractivity contribution in [1.82, 2.24) is 4.90 Å². The summed E-state index contributed by atoms with van der Waals surface area (Å²) in [6.07, 6.45) is 4.05. The predicted octanol–water partition coefficient (Wildman–Crippen LogP) is 3.10. The first-order valence-corrected chi connectivity index (χ1v) is 6.53. The zero-order chi connectivity index (χ0) is 12.5. The Morgan fingerprint density at radius 1 is 1.39 bits per heavy atom. The van der Waals surface area contributed by atoms with Gasteiger partial charge in [-0.15, -0.1) is 0 Å². The highest BCUT2D eigenvalue weighted by Gasteiger charge is 2.29.